The topological polar surface area (TPSA) is 90.4 Å². The Balaban J connectivity index is 2.43. The molecular weight excluding hydrogens is 242 g/mol. The second-order valence-electron chi connectivity index (χ2n) is 4.69. The van der Waals surface area contributed by atoms with E-state index in [1.54, 1.807) is 18.2 Å². The first-order chi connectivity index (χ1) is 9.02. The Kier molecular flexibility index (Phi) is 6.15. The fourth-order valence-corrected chi connectivity index (χ4v) is 1.73. The predicted octanol–water partition coefficient (Wildman–Crippen LogP) is 1.98. The average Bonchev–Trinajstić information content (AvgIpc) is 2.34. The number of benzene rings is 1. The van der Waals surface area contributed by atoms with E-state index in [4.69, 9.17) is 16.2 Å². The van der Waals surface area contributed by atoms with Crippen molar-refractivity contribution < 1.29 is 9.53 Å². The van der Waals surface area contributed by atoms with Crippen molar-refractivity contribution in [3.8, 4) is 0 Å². The number of unbranched alkanes of at least 4 members (excludes halogenated alkanes) is 1. The number of nitrogens with two attached hydrogens (primary N) is 2. The third-order valence-electron chi connectivity index (χ3n) is 2.69. The molecular formula is C14H23N3O2. The summed E-state index contributed by atoms with van der Waals surface area (Å²) in [5.74, 6) is -0.474. The summed E-state index contributed by atoms with van der Waals surface area (Å²) in [6, 6.07) is 5.14. The predicted molar refractivity (Wildman–Crippen MR) is 78.2 cm³/mol. The second kappa shape index (κ2) is 7.63. The Morgan fingerprint density at radius 3 is 2.74 bits per heavy atom. The molecule has 5 nitrogen and oxygen atoms in total. The molecule has 0 aliphatic rings. The second-order valence-corrected chi connectivity index (χ2v) is 4.69. The minimum atomic E-state index is -0.474. The number of hydrogen-bond donors (Lipinski definition) is 3. The van der Waals surface area contributed by atoms with E-state index in [2.05, 4.69) is 5.32 Å². The smallest absolute Gasteiger partial charge is 0.250 e. The molecule has 1 aromatic carbocycles. The number of amides is 1. The van der Waals surface area contributed by atoms with Crippen LogP contribution in [0.4, 0.5) is 11.4 Å². The van der Waals surface area contributed by atoms with Crippen LogP contribution >= 0.6 is 0 Å². The van der Waals surface area contributed by atoms with Crippen LogP contribution in [0.1, 0.15) is 37.0 Å². The molecule has 106 valence electrons. The van der Waals surface area contributed by atoms with Crippen molar-refractivity contribution in [1.82, 2.24) is 0 Å². The summed E-state index contributed by atoms with van der Waals surface area (Å²) in [4.78, 5) is 11.3. The van der Waals surface area contributed by atoms with Crippen LogP contribution in [0.5, 0.6) is 0 Å². The van der Waals surface area contributed by atoms with Crippen LogP contribution in [0.25, 0.3) is 0 Å². The van der Waals surface area contributed by atoms with Crippen molar-refractivity contribution in [1.29, 1.82) is 0 Å². The molecule has 0 unspecified atom stereocenters. The van der Waals surface area contributed by atoms with Crippen molar-refractivity contribution >= 4 is 17.3 Å². The molecule has 19 heavy (non-hydrogen) atoms. The van der Waals surface area contributed by atoms with Gasteiger partial charge in [0.05, 0.1) is 23.0 Å². The van der Waals surface area contributed by atoms with E-state index >= 15 is 0 Å². The van der Waals surface area contributed by atoms with E-state index in [0.717, 1.165) is 26.0 Å². The van der Waals surface area contributed by atoms with Crippen LogP contribution in [0.15, 0.2) is 18.2 Å². The summed E-state index contributed by atoms with van der Waals surface area (Å²) < 4.78 is 5.45. The number of ether oxygens (including phenoxy) is 1. The van der Waals surface area contributed by atoms with Gasteiger partial charge in [-0.1, -0.05) is 6.07 Å². The van der Waals surface area contributed by atoms with Gasteiger partial charge in [0.2, 0.25) is 0 Å². The van der Waals surface area contributed by atoms with Gasteiger partial charge in [0, 0.05) is 13.2 Å². The summed E-state index contributed by atoms with van der Waals surface area (Å²) in [6.45, 7) is 5.51. The zero-order chi connectivity index (χ0) is 14.3. The van der Waals surface area contributed by atoms with Crippen molar-refractivity contribution in [2.24, 2.45) is 5.73 Å². The molecule has 0 heterocycles. The molecule has 1 rings (SSSR count). The number of nitrogens with one attached hydrogen (secondary N) is 1. The van der Waals surface area contributed by atoms with E-state index in [1.807, 2.05) is 13.8 Å². The molecule has 0 saturated heterocycles. The minimum absolute atomic E-state index is 0.263. The van der Waals surface area contributed by atoms with Gasteiger partial charge in [0.15, 0.2) is 0 Å². The van der Waals surface area contributed by atoms with Crippen molar-refractivity contribution in [3.05, 3.63) is 23.8 Å². The Bertz CT molecular complexity index is 419. The molecule has 1 aromatic rings. The number of carbonyl (C=O) groups is 1. The largest absolute Gasteiger partial charge is 0.397 e. The normalized spacial score (nSPS) is 10.7. The van der Waals surface area contributed by atoms with Gasteiger partial charge in [-0.2, -0.15) is 0 Å². The van der Waals surface area contributed by atoms with Crippen LogP contribution in [0, 0.1) is 0 Å². The lowest BCUT2D eigenvalue weighted by Gasteiger charge is -2.13. The van der Waals surface area contributed by atoms with Gasteiger partial charge in [0.1, 0.15) is 0 Å². The Labute approximate surface area is 114 Å². The van der Waals surface area contributed by atoms with Crippen molar-refractivity contribution in [2.75, 3.05) is 24.2 Å². The lowest BCUT2D eigenvalue weighted by molar-refractivity contribution is 0.0765. The summed E-state index contributed by atoms with van der Waals surface area (Å²) in [6.07, 6.45) is 2.17. The summed E-state index contributed by atoms with van der Waals surface area (Å²) in [5, 5.41) is 3.17. The van der Waals surface area contributed by atoms with E-state index < -0.39 is 5.91 Å². The number of anilines is 2. The molecule has 0 saturated carbocycles. The molecule has 0 aliphatic heterocycles. The first kappa shape index (κ1) is 15.3. The third kappa shape index (κ3) is 5.18. The highest BCUT2D eigenvalue weighted by atomic mass is 16.5. The van der Waals surface area contributed by atoms with Crippen LogP contribution < -0.4 is 16.8 Å². The lowest BCUT2D eigenvalue weighted by atomic mass is 10.1. The highest BCUT2D eigenvalue weighted by Crippen LogP contribution is 2.22. The van der Waals surface area contributed by atoms with Crippen LogP contribution in [-0.2, 0) is 4.74 Å². The fourth-order valence-electron chi connectivity index (χ4n) is 1.73. The van der Waals surface area contributed by atoms with Gasteiger partial charge in [-0.3, -0.25) is 4.79 Å². The lowest BCUT2D eigenvalue weighted by Crippen LogP contribution is -2.16. The van der Waals surface area contributed by atoms with Crippen LogP contribution in [0.3, 0.4) is 0 Å². The van der Waals surface area contributed by atoms with E-state index in [-0.39, 0.29) is 6.10 Å². The molecule has 1 amide bonds. The van der Waals surface area contributed by atoms with E-state index in [9.17, 15) is 4.79 Å². The molecule has 0 radical (unpaired) electrons. The third-order valence-corrected chi connectivity index (χ3v) is 2.69. The Morgan fingerprint density at radius 2 is 2.11 bits per heavy atom. The SMILES string of the molecule is CC(C)OCCCCNc1c(N)cccc1C(N)=O. The molecule has 0 aliphatic carbocycles. The molecule has 0 aromatic heterocycles. The molecule has 5 N–H and O–H groups in total. The van der Waals surface area contributed by atoms with Gasteiger partial charge >= 0.3 is 0 Å². The standard InChI is InChI=1S/C14H23N3O2/c1-10(2)19-9-4-3-8-17-13-11(14(16)18)6-5-7-12(13)15/h5-7,10,17H,3-4,8-9,15H2,1-2H3,(H2,16,18). The highest BCUT2D eigenvalue weighted by Gasteiger charge is 2.09. The zero-order valence-corrected chi connectivity index (χ0v) is 11.6. The van der Waals surface area contributed by atoms with Gasteiger partial charge in [-0.25, -0.2) is 0 Å². The van der Waals surface area contributed by atoms with Crippen LogP contribution in [0.2, 0.25) is 0 Å². The first-order valence-electron chi connectivity index (χ1n) is 6.56. The molecule has 0 bridgehead atoms. The van der Waals surface area contributed by atoms with Gasteiger partial charge in [0.25, 0.3) is 5.91 Å². The van der Waals surface area contributed by atoms with Gasteiger partial charge < -0.3 is 21.5 Å². The molecule has 0 fully saturated rings. The maximum absolute atomic E-state index is 11.3. The number of primary amides is 1. The first-order valence-corrected chi connectivity index (χ1v) is 6.56. The minimum Gasteiger partial charge on any atom is -0.397 e. The number of hydrogen-bond acceptors (Lipinski definition) is 4. The van der Waals surface area contributed by atoms with Gasteiger partial charge in [-0.05, 0) is 38.8 Å². The Hall–Kier alpha value is -1.75. The molecule has 5 heteroatoms. The molecule has 0 spiro atoms. The van der Waals surface area contributed by atoms with E-state index in [1.165, 1.54) is 0 Å². The molecule has 0 atom stereocenters. The summed E-state index contributed by atoms with van der Waals surface area (Å²) in [7, 11) is 0. The number of para-hydroxylation sites is 1. The van der Waals surface area contributed by atoms with E-state index in [0.29, 0.717) is 16.9 Å². The van der Waals surface area contributed by atoms with Gasteiger partial charge in [-0.15, -0.1) is 0 Å². The quantitative estimate of drug-likeness (QED) is 0.495. The van der Waals surface area contributed by atoms with Crippen molar-refractivity contribution in [2.45, 2.75) is 32.8 Å². The Morgan fingerprint density at radius 1 is 1.37 bits per heavy atom. The number of rotatable bonds is 8. The summed E-state index contributed by atoms with van der Waals surface area (Å²) >= 11 is 0. The van der Waals surface area contributed by atoms with Crippen molar-refractivity contribution in [3.63, 3.8) is 0 Å². The fraction of sp³-hybridized carbons (Fsp3) is 0.500. The summed E-state index contributed by atoms with van der Waals surface area (Å²) in [5.41, 5.74) is 12.7. The zero-order valence-electron chi connectivity index (χ0n) is 11.6. The highest BCUT2D eigenvalue weighted by molar-refractivity contribution is 6.01. The monoisotopic (exact) mass is 265 g/mol. The average molecular weight is 265 g/mol. The number of carbonyl (C=O) groups excluding carboxylic acids is 1. The maximum Gasteiger partial charge on any atom is 0.250 e. The van der Waals surface area contributed by atoms with Crippen LogP contribution in [-0.4, -0.2) is 25.2 Å². The number of nitrogen functional groups attached to an aromatic ring is 1. The maximum atomic E-state index is 11.3.